The van der Waals surface area contributed by atoms with Gasteiger partial charge in [-0.05, 0) is 25.4 Å². The first-order chi connectivity index (χ1) is 8.27. The van der Waals surface area contributed by atoms with Gasteiger partial charge in [-0.2, -0.15) is 0 Å². The summed E-state index contributed by atoms with van der Waals surface area (Å²) in [6.45, 7) is 11.6. The SMILES string of the molecule is CC(C)CC(C(=O)O)C(C)C(=O)O.CCNCC. The van der Waals surface area contributed by atoms with Gasteiger partial charge in [-0.1, -0.05) is 34.6 Å². The number of carboxylic acids is 2. The summed E-state index contributed by atoms with van der Waals surface area (Å²) in [6.07, 6.45) is 0.406. The van der Waals surface area contributed by atoms with Crippen molar-refractivity contribution in [2.75, 3.05) is 13.1 Å². The molecule has 3 N–H and O–H groups in total. The van der Waals surface area contributed by atoms with Gasteiger partial charge in [0.05, 0.1) is 11.8 Å². The molecule has 0 saturated carbocycles. The smallest absolute Gasteiger partial charge is 0.307 e. The lowest BCUT2D eigenvalue weighted by Crippen LogP contribution is -2.28. The molecule has 0 bridgehead atoms. The van der Waals surface area contributed by atoms with Gasteiger partial charge >= 0.3 is 11.9 Å². The second-order valence-corrected chi connectivity index (χ2v) is 4.66. The summed E-state index contributed by atoms with van der Waals surface area (Å²) in [5, 5.41) is 20.5. The zero-order valence-corrected chi connectivity index (χ0v) is 12.1. The van der Waals surface area contributed by atoms with Crippen LogP contribution >= 0.6 is 0 Å². The number of nitrogens with one attached hydrogen (secondary N) is 1. The highest BCUT2D eigenvalue weighted by molar-refractivity contribution is 5.79. The van der Waals surface area contributed by atoms with Crippen LogP contribution in [0.1, 0.15) is 41.0 Å². The van der Waals surface area contributed by atoms with Crippen LogP contribution in [0.2, 0.25) is 0 Å². The molecule has 2 atom stereocenters. The van der Waals surface area contributed by atoms with E-state index in [1.165, 1.54) is 6.92 Å². The Morgan fingerprint density at radius 1 is 1.00 bits per heavy atom. The van der Waals surface area contributed by atoms with Crippen molar-refractivity contribution in [1.82, 2.24) is 5.32 Å². The van der Waals surface area contributed by atoms with E-state index in [9.17, 15) is 9.59 Å². The Morgan fingerprint density at radius 3 is 1.61 bits per heavy atom. The predicted molar refractivity (Wildman–Crippen MR) is 71.6 cm³/mol. The summed E-state index contributed by atoms with van der Waals surface area (Å²) < 4.78 is 0. The summed E-state index contributed by atoms with van der Waals surface area (Å²) >= 11 is 0. The summed E-state index contributed by atoms with van der Waals surface area (Å²) in [5.41, 5.74) is 0. The predicted octanol–water partition coefficient (Wildman–Crippen LogP) is 2.07. The minimum Gasteiger partial charge on any atom is -0.481 e. The lowest BCUT2D eigenvalue weighted by molar-refractivity contribution is -0.153. The first-order valence-electron chi connectivity index (χ1n) is 6.44. The third-order valence-corrected chi connectivity index (χ3v) is 2.54. The van der Waals surface area contributed by atoms with Crippen molar-refractivity contribution in [3.63, 3.8) is 0 Å². The number of aliphatic carboxylic acids is 2. The second kappa shape index (κ2) is 11.0. The maximum absolute atomic E-state index is 10.7. The molecule has 0 fully saturated rings. The van der Waals surface area contributed by atoms with Crippen molar-refractivity contribution < 1.29 is 19.8 Å². The highest BCUT2D eigenvalue weighted by Gasteiger charge is 2.30. The molecule has 0 aliphatic carbocycles. The molecule has 0 aromatic carbocycles. The van der Waals surface area contributed by atoms with Crippen LogP contribution in [0.4, 0.5) is 0 Å². The van der Waals surface area contributed by atoms with Crippen LogP contribution in [0.15, 0.2) is 0 Å². The van der Waals surface area contributed by atoms with Gasteiger partial charge in [0.1, 0.15) is 0 Å². The molecule has 0 aliphatic rings. The van der Waals surface area contributed by atoms with Gasteiger partial charge in [-0.25, -0.2) is 0 Å². The summed E-state index contributed by atoms with van der Waals surface area (Å²) in [6, 6.07) is 0. The third-order valence-electron chi connectivity index (χ3n) is 2.54. The van der Waals surface area contributed by atoms with Gasteiger partial charge in [-0.15, -0.1) is 0 Å². The summed E-state index contributed by atoms with van der Waals surface area (Å²) in [7, 11) is 0. The molecule has 2 unspecified atom stereocenters. The molecule has 18 heavy (non-hydrogen) atoms. The Balaban J connectivity index is 0. The van der Waals surface area contributed by atoms with E-state index in [1.54, 1.807) is 0 Å². The molecule has 0 rings (SSSR count). The Kier molecular flexibility index (Phi) is 11.8. The molecular formula is C13H27NO4. The Hall–Kier alpha value is -1.10. The second-order valence-electron chi connectivity index (χ2n) is 4.66. The molecule has 0 spiro atoms. The normalized spacial score (nSPS) is 13.4. The van der Waals surface area contributed by atoms with E-state index in [-0.39, 0.29) is 5.92 Å². The molecule has 0 aromatic rings. The molecular weight excluding hydrogens is 234 g/mol. The molecule has 5 nitrogen and oxygen atoms in total. The molecule has 0 aliphatic heterocycles. The topological polar surface area (TPSA) is 86.6 Å². The van der Waals surface area contributed by atoms with Crippen LogP contribution in [0.5, 0.6) is 0 Å². The van der Waals surface area contributed by atoms with Crippen LogP contribution in [0, 0.1) is 17.8 Å². The van der Waals surface area contributed by atoms with Gasteiger partial charge < -0.3 is 15.5 Å². The van der Waals surface area contributed by atoms with Crippen molar-refractivity contribution in [2.45, 2.75) is 41.0 Å². The van der Waals surface area contributed by atoms with Crippen LogP contribution in [-0.2, 0) is 9.59 Å². The van der Waals surface area contributed by atoms with Crippen molar-refractivity contribution in [3.8, 4) is 0 Å². The van der Waals surface area contributed by atoms with Gasteiger partial charge in [0.2, 0.25) is 0 Å². The van der Waals surface area contributed by atoms with Crippen molar-refractivity contribution in [1.29, 1.82) is 0 Å². The maximum atomic E-state index is 10.7. The first kappa shape index (κ1) is 19.2. The van der Waals surface area contributed by atoms with E-state index in [0.29, 0.717) is 6.42 Å². The van der Waals surface area contributed by atoms with E-state index >= 15 is 0 Å². The van der Waals surface area contributed by atoms with Crippen molar-refractivity contribution >= 4 is 11.9 Å². The minimum atomic E-state index is -1.05. The molecule has 5 heteroatoms. The highest BCUT2D eigenvalue weighted by atomic mass is 16.4. The number of hydrogen-bond donors (Lipinski definition) is 3. The largest absolute Gasteiger partial charge is 0.481 e. The lowest BCUT2D eigenvalue weighted by Gasteiger charge is -2.18. The van der Waals surface area contributed by atoms with Crippen molar-refractivity contribution in [3.05, 3.63) is 0 Å². The van der Waals surface area contributed by atoms with Gasteiger partial charge in [0.25, 0.3) is 0 Å². The average molecular weight is 261 g/mol. The number of carboxylic acid groups (broad SMARTS) is 2. The van der Waals surface area contributed by atoms with E-state index in [0.717, 1.165) is 13.1 Å². The fourth-order valence-corrected chi connectivity index (χ4v) is 1.45. The fourth-order valence-electron chi connectivity index (χ4n) is 1.45. The Morgan fingerprint density at radius 2 is 1.44 bits per heavy atom. The lowest BCUT2D eigenvalue weighted by atomic mass is 9.87. The van der Waals surface area contributed by atoms with Crippen LogP contribution in [0.25, 0.3) is 0 Å². The molecule has 0 radical (unpaired) electrons. The van der Waals surface area contributed by atoms with Gasteiger partial charge in [0.15, 0.2) is 0 Å². The average Bonchev–Trinajstić information content (AvgIpc) is 2.26. The van der Waals surface area contributed by atoms with Gasteiger partial charge in [-0.3, -0.25) is 9.59 Å². The third kappa shape index (κ3) is 10.1. The van der Waals surface area contributed by atoms with Crippen molar-refractivity contribution in [2.24, 2.45) is 17.8 Å². The molecule has 0 saturated heterocycles. The molecule has 0 amide bonds. The first-order valence-corrected chi connectivity index (χ1v) is 6.44. The van der Waals surface area contributed by atoms with E-state index < -0.39 is 23.8 Å². The van der Waals surface area contributed by atoms with E-state index in [2.05, 4.69) is 19.2 Å². The number of carbonyl (C=O) groups is 2. The Bertz CT molecular complexity index is 239. The minimum absolute atomic E-state index is 0.197. The van der Waals surface area contributed by atoms with Crippen LogP contribution in [-0.4, -0.2) is 35.2 Å². The molecule has 0 heterocycles. The standard InChI is InChI=1S/C9H16O4.C4H11N/c1-5(2)4-7(9(12)13)6(3)8(10)11;1-3-5-4-2/h5-7H,4H2,1-3H3,(H,10,11)(H,12,13);5H,3-4H2,1-2H3. The molecule has 108 valence electrons. The van der Waals surface area contributed by atoms with Crippen LogP contribution < -0.4 is 5.32 Å². The molecule has 0 aromatic heterocycles. The monoisotopic (exact) mass is 261 g/mol. The number of rotatable bonds is 7. The number of hydrogen-bond acceptors (Lipinski definition) is 3. The zero-order chi connectivity index (χ0) is 14.7. The van der Waals surface area contributed by atoms with Gasteiger partial charge in [0, 0.05) is 0 Å². The summed E-state index contributed by atoms with van der Waals surface area (Å²) in [4.78, 5) is 21.3. The maximum Gasteiger partial charge on any atom is 0.307 e. The fraction of sp³-hybridized carbons (Fsp3) is 0.846. The summed E-state index contributed by atoms with van der Waals surface area (Å²) in [5.74, 6) is -3.48. The Labute approximate surface area is 110 Å². The van der Waals surface area contributed by atoms with Crippen LogP contribution in [0.3, 0.4) is 0 Å². The highest BCUT2D eigenvalue weighted by Crippen LogP contribution is 2.20. The van der Waals surface area contributed by atoms with E-state index in [1.807, 2.05) is 13.8 Å². The zero-order valence-electron chi connectivity index (χ0n) is 12.1. The van der Waals surface area contributed by atoms with E-state index in [4.69, 9.17) is 10.2 Å². The quantitative estimate of drug-likeness (QED) is 0.653.